The van der Waals surface area contributed by atoms with Crippen LogP contribution in [0.1, 0.15) is 62.4 Å². The number of nitrogens with one attached hydrogen (secondary N) is 2. The van der Waals surface area contributed by atoms with Crippen LogP contribution in [0.5, 0.6) is 0 Å². The second kappa shape index (κ2) is 6.83. The summed E-state index contributed by atoms with van der Waals surface area (Å²) in [7, 11) is 0. The number of likely N-dealkylation sites (tertiary alicyclic amines) is 1. The van der Waals surface area contributed by atoms with Crippen LogP contribution in [0.25, 0.3) is 0 Å². The molecular formula is C14H25N5O. The van der Waals surface area contributed by atoms with E-state index in [0.717, 1.165) is 38.3 Å². The summed E-state index contributed by atoms with van der Waals surface area (Å²) in [6.07, 6.45) is 3.20. The van der Waals surface area contributed by atoms with Crippen LogP contribution in [0.3, 0.4) is 0 Å². The Hall–Kier alpha value is -1.43. The molecule has 2 heterocycles. The maximum Gasteiger partial charge on any atom is 0.291 e. The van der Waals surface area contributed by atoms with E-state index < -0.39 is 0 Å². The topological polar surface area (TPSA) is 73.9 Å². The molecule has 1 aromatic rings. The molecule has 0 atom stereocenters. The lowest BCUT2D eigenvalue weighted by Crippen LogP contribution is -2.45. The molecule has 1 amide bonds. The standard InChI is InChI=1S/C14H25N5O/c1-4-7-19-8-5-11(6-9-19)15-14(20)13-16-12(10(2)3)17-18-13/h10-11H,4-9H2,1-3H3,(H,15,20)(H,16,17,18). The van der Waals surface area contributed by atoms with Gasteiger partial charge in [-0.15, -0.1) is 5.10 Å². The summed E-state index contributed by atoms with van der Waals surface area (Å²) in [5.41, 5.74) is 0. The van der Waals surface area contributed by atoms with Crippen molar-refractivity contribution in [3.05, 3.63) is 11.6 Å². The van der Waals surface area contributed by atoms with Crippen LogP contribution in [-0.4, -0.2) is 51.7 Å². The van der Waals surface area contributed by atoms with E-state index in [1.54, 1.807) is 0 Å². The van der Waals surface area contributed by atoms with Crippen molar-refractivity contribution in [3.63, 3.8) is 0 Å². The Kier molecular flexibility index (Phi) is 5.11. The van der Waals surface area contributed by atoms with E-state index in [-0.39, 0.29) is 23.7 Å². The number of hydrogen-bond donors (Lipinski definition) is 2. The second-order valence-corrected chi connectivity index (χ2v) is 5.79. The first-order valence-corrected chi connectivity index (χ1v) is 7.55. The van der Waals surface area contributed by atoms with E-state index in [0.29, 0.717) is 0 Å². The molecule has 112 valence electrons. The van der Waals surface area contributed by atoms with Crippen molar-refractivity contribution in [2.45, 2.75) is 52.0 Å². The highest BCUT2D eigenvalue weighted by atomic mass is 16.2. The van der Waals surface area contributed by atoms with Gasteiger partial charge in [0.05, 0.1) is 0 Å². The van der Waals surface area contributed by atoms with Gasteiger partial charge in [0, 0.05) is 25.0 Å². The third-order valence-electron chi connectivity index (χ3n) is 3.72. The Balaban J connectivity index is 1.83. The number of H-pyrrole nitrogens is 1. The molecule has 6 nitrogen and oxygen atoms in total. The summed E-state index contributed by atoms with van der Waals surface area (Å²) in [5, 5.41) is 9.85. The van der Waals surface area contributed by atoms with Gasteiger partial charge in [-0.25, -0.2) is 4.98 Å². The number of nitrogens with zero attached hydrogens (tertiary/aromatic N) is 3. The van der Waals surface area contributed by atoms with Crippen LogP contribution >= 0.6 is 0 Å². The molecule has 0 saturated carbocycles. The molecule has 0 radical (unpaired) electrons. The minimum absolute atomic E-state index is 0.165. The van der Waals surface area contributed by atoms with Gasteiger partial charge in [-0.05, 0) is 25.8 Å². The summed E-state index contributed by atoms with van der Waals surface area (Å²) in [6, 6.07) is 0.247. The molecule has 0 bridgehead atoms. The van der Waals surface area contributed by atoms with E-state index in [9.17, 15) is 4.79 Å². The average molecular weight is 279 g/mol. The van der Waals surface area contributed by atoms with Crippen molar-refractivity contribution in [1.29, 1.82) is 0 Å². The first-order valence-electron chi connectivity index (χ1n) is 7.55. The Morgan fingerprint density at radius 2 is 2.15 bits per heavy atom. The monoisotopic (exact) mass is 279 g/mol. The molecule has 2 N–H and O–H groups in total. The smallest absolute Gasteiger partial charge is 0.291 e. The second-order valence-electron chi connectivity index (χ2n) is 5.79. The largest absolute Gasteiger partial charge is 0.346 e. The van der Waals surface area contributed by atoms with Gasteiger partial charge in [-0.1, -0.05) is 20.8 Å². The summed E-state index contributed by atoms with van der Waals surface area (Å²) < 4.78 is 0. The van der Waals surface area contributed by atoms with E-state index in [2.05, 4.69) is 32.3 Å². The van der Waals surface area contributed by atoms with Crippen molar-refractivity contribution in [2.75, 3.05) is 19.6 Å². The quantitative estimate of drug-likeness (QED) is 0.857. The van der Waals surface area contributed by atoms with Crippen molar-refractivity contribution < 1.29 is 4.79 Å². The molecule has 0 unspecified atom stereocenters. The number of amides is 1. The van der Waals surface area contributed by atoms with E-state index in [4.69, 9.17) is 0 Å². The Morgan fingerprint density at radius 3 is 2.70 bits per heavy atom. The molecule has 0 aliphatic carbocycles. The van der Waals surface area contributed by atoms with Gasteiger partial charge >= 0.3 is 0 Å². The first-order chi connectivity index (χ1) is 9.60. The minimum Gasteiger partial charge on any atom is -0.346 e. The van der Waals surface area contributed by atoms with Crippen LogP contribution in [0.2, 0.25) is 0 Å². The number of hydrogen-bond acceptors (Lipinski definition) is 4. The van der Waals surface area contributed by atoms with Gasteiger partial charge in [0.15, 0.2) is 0 Å². The molecule has 20 heavy (non-hydrogen) atoms. The maximum atomic E-state index is 12.1. The molecule has 2 rings (SSSR count). The third-order valence-corrected chi connectivity index (χ3v) is 3.72. The molecule has 1 saturated heterocycles. The van der Waals surface area contributed by atoms with Gasteiger partial charge in [-0.2, -0.15) is 0 Å². The Morgan fingerprint density at radius 1 is 1.45 bits per heavy atom. The zero-order chi connectivity index (χ0) is 14.5. The zero-order valence-electron chi connectivity index (χ0n) is 12.6. The first kappa shape index (κ1) is 15.0. The van der Waals surface area contributed by atoms with Crippen molar-refractivity contribution in [2.24, 2.45) is 0 Å². The van der Waals surface area contributed by atoms with Crippen LogP contribution in [0.4, 0.5) is 0 Å². The molecule has 1 aliphatic heterocycles. The van der Waals surface area contributed by atoms with Crippen LogP contribution in [0, 0.1) is 0 Å². The predicted octanol–water partition coefficient (Wildman–Crippen LogP) is 1.53. The summed E-state index contributed by atoms with van der Waals surface area (Å²) in [4.78, 5) is 18.8. The lowest BCUT2D eigenvalue weighted by atomic mass is 10.0. The van der Waals surface area contributed by atoms with E-state index in [1.165, 1.54) is 6.42 Å². The zero-order valence-corrected chi connectivity index (χ0v) is 12.6. The van der Waals surface area contributed by atoms with E-state index >= 15 is 0 Å². The van der Waals surface area contributed by atoms with Gasteiger partial charge in [0.2, 0.25) is 5.82 Å². The number of carbonyl (C=O) groups excluding carboxylic acids is 1. The number of aromatic nitrogens is 3. The van der Waals surface area contributed by atoms with Gasteiger partial charge in [0.1, 0.15) is 5.82 Å². The van der Waals surface area contributed by atoms with Crippen LogP contribution < -0.4 is 5.32 Å². The highest BCUT2D eigenvalue weighted by Gasteiger charge is 2.22. The number of rotatable bonds is 5. The molecular weight excluding hydrogens is 254 g/mol. The van der Waals surface area contributed by atoms with Gasteiger partial charge < -0.3 is 10.2 Å². The van der Waals surface area contributed by atoms with Crippen molar-refractivity contribution >= 4 is 5.91 Å². The predicted molar refractivity (Wildman–Crippen MR) is 77.7 cm³/mol. The van der Waals surface area contributed by atoms with Gasteiger partial charge in [-0.3, -0.25) is 9.89 Å². The molecule has 1 fully saturated rings. The van der Waals surface area contributed by atoms with Crippen LogP contribution in [0.15, 0.2) is 0 Å². The molecule has 1 aliphatic rings. The highest BCUT2D eigenvalue weighted by molar-refractivity contribution is 5.90. The SMILES string of the molecule is CCCN1CCC(NC(=O)c2n[nH]c(C(C)C)n2)CC1. The average Bonchev–Trinajstić information content (AvgIpc) is 2.91. The fraction of sp³-hybridized carbons (Fsp3) is 0.786. The van der Waals surface area contributed by atoms with Crippen molar-refractivity contribution in [3.8, 4) is 0 Å². The minimum atomic E-state index is -0.165. The van der Waals surface area contributed by atoms with E-state index in [1.807, 2.05) is 13.8 Å². The van der Waals surface area contributed by atoms with Gasteiger partial charge in [0.25, 0.3) is 5.91 Å². The maximum absolute atomic E-state index is 12.1. The number of piperidine rings is 1. The number of carbonyl (C=O) groups is 1. The fourth-order valence-corrected chi connectivity index (χ4v) is 2.50. The Bertz CT molecular complexity index is 435. The lowest BCUT2D eigenvalue weighted by Gasteiger charge is -2.31. The molecule has 0 aromatic carbocycles. The summed E-state index contributed by atoms with van der Waals surface area (Å²) in [6.45, 7) is 9.51. The lowest BCUT2D eigenvalue weighted by molar-refractivity contribution is 0.0901. The van der Waals surface area contributed by atoms with Crippen molar-refractivity contribution in [1.82, 2.24) is 25.4 Å². The van der Waals surface area contributed by atoms with Crippen LogP contribution in [-0.2, 0) is 0 Å². The summed E-state index contributed by atoms with van der Waals surface area (Å²) in [5.74, 6) is 1.10. The highest BCUT2D eigenvalue weighted by Crippen LogP contribution is 2.12. The molecule has 6 heteroatoms. The summed E-state index contributed by atoms with van der Waals surface area (Å²) >= 11 is 0. The number of aromatic amines is 1. The molecule has 0 spiro atoms. The Labute approximate surface area is 120 Å². The third kappa shape index (κ3) is 3.79. The normalized spacial score (nSPS) is 17.6. The fourth-order valence-electron chi connectivity index (χ4n) is 2.50. The molecule has 1 aromatic heterocycles.